The van der Waals surface area contributed by atoms with Crippen LogP contribution in [0.15, 0.2) is 24.3 Å². The lowest BCUT2D eigenvalue weighted by Crippen LogP contribution is -2.45. The maximum Gasteiger partial charge on any atom is 0.305 e. The molecule has 66 heavy (non-hydrogen) atoms. The molecular weight excluding hydrogens is 815 g/mol. The normalized spacial score (nSPS) is 12.7. The first-order chi connectivity index (χ1) is 32.5. The van der Waals surface area contributed by atoms with Gasteiger partial charge in [0.25, 0.3) is 0 Å². The van der Waals surface area contributed by atoms with Crippen molar-refractivity contribution in [2.45, 2.75) is 334 Å². The molecule has 0 saturated carbocycles. The molecule has 0 aromatic carbocycles. The van der Waals surface area contributed by atoms with Crippen LogP contribution in [0.25, 0.3) is 0 Å². The Hall–Kier alpha value is -1.66. The number of esters is 1. The van der Waals surface area contributed by atoms with Crippen molar-refractivity contribution in [1.29, 1.82) is 0 Å². The maximum absolute atomic E-state index is 12.5. The zero-order chi connectivity index (χ0) is 47.9. The Morgan fingerprint density at radius 2 is 0.712 bits per heavy atom. The minimum atomic E-state index is -0.862. The minimum Gasteiger partial charge on any atom is -0.466 e. The second-order valence-electron chi connectivity index (χ2n) is 20.3. The van der Waals surface area contributed by atoms with Gasteiger partial charge in [-0.1, -0.05) is 276 Å². The van der Waals surface area contributed by atoms with Gasteiger partial charge in [-0.2, -0.15) is 0 Å². The third-order valence-corrected chi connectivity index (χ3v) is 13.7. The molecule has 0 spiro atoms. The van der Waals surface area contributed by atoms with Crippen LogP contribution in [0.4, 0.5) is 0 Å². The van der Waals surface area contributed by atoms with Crippen molar-refractivity contribution in [2.24, 2.45) is 0 Å². The highest BCUT2D eigenvalue weighted by Gasteiger charge is 2.18. The summed E-state index contributed by atoms with van der Waals surface area (Å²) in [5, 5.41) is 23.1. The second-order valence-corrected chi connectivity index (χ2v) is 20.3. The number of rotatable bonds is 55. The fourth-order valence-corrected chi connectivity index (χ4v) is 9.16. The molecule has 0 saturated heterocycles. The largest absolute Gasteiger partial charge is 0.466 e. The van der Waals surface area contributed by atoms with Gasteiger partial charge in [-0.25, -0.2) is 0 Å². The van der Waals surface area contributed by atoms with E-state index in [1.807, 2.05) is 6.08 Å². The van der Waals surface area contributed by atoms with E-state index in [2.05, 4.69) is 31.3 Å². The Kier molecular flexibility index (Phi) is 54.5. The van der Waals surface area contributed by atoms with E-state index in [1.54, 1.807) is 6.08 Å². The van der Waals surface area contributed by atoms with Crippen LogP contribution in [0.5, 0.6) is 0 Å². The lowest BCUT2D eigenvalue weighted by molar-refractivity contribution is -0.143. The van der Waals surface area contributed by atoms with E-state index in [1.165, 1.54) is 225 Å². The quantitative estimate of drug-likeness (QED) is 0.0321. The second kappa shape index (κ2) is 55.9. The van der Waals surface area contributed by atoms with Crippen molar-refractivity contribution in [3.8, 4) is 0 Å². The van der Waals surface area contributed by atoms with Gasteiger partial charge in [0.05, 0.1) is 25.4 Å². The van der Waals surface area contributed by atoms with Crippen LogP contribution in [-0.2, 0) is 14.3 Å². The van der Waals surface area contributed by atoms with Crippen molar-refractivity contribution < 1.29 is 24.5 Å². The van der Waals surface area contributed by atoms with Crippen LogP contribution in [0, 0.1) is 0 Å². The van der Waals surface area contributed by atoms with Gasteiger partial charge in [-0.15, -0.1) is 0 Å². The van der Waals surface area contributed by atoms with Gasteiger partial charge >= 0.3 is 5.97 Å². The monoisotopic (exact) mass is 930 g/mol. The molecule has 0 aliphatic heterocycles. The number of ether oxygens (including phenoxy) is 1. The van der Waals surface area contributed by atoms with Gasteiger partial charge in [0.15, 0.2) is 0 Å². The summed E-state index contributed by atoms with van der Waals surface area (Å²) in [6, 6.07) is -0.648. The van der Waals surface area contributed by atoms with E-state index in [0.717, 1.165) is 70.6 Å². The van der Waals surface area contributed by atoms with Gasteiger partial charge in [0.1, 0.15) is 0 Å². The molecule has 2 atom stereocenters. The highest BCUT2D eigenvalue weighted by molar-refractivity contribution is 5.76. The van der Waals surface area contributed by atoms with E-state index < -0.39 is 12.1 Å². The van der Waals surface area contributed by atoms with Crippen LogP contribution in [0.2, 0.25) is 0 Å². The average molecular weight is 931 g/mol. The van der Waals surface area contributed by atoms with Crippen LogP contribution in [-0.4, -0.2) is 47.4 Å². The molecule has 3 N–H and O–H groups in total. The number of carbonyl (C=O) groups is 2. The minimum absolute atomic E-state index is 0.0106. The summed E-state index contributed by atoms with van der Waals surface area (Å²) in [4.78, 5) is 24.5. The van der Waals surface area contributed by atoms with Crippen LogP contribution in [0.1, 0.15) is 322 Å². The highest BCUT2D eigenvalue weighted by Crippen LogP contribution is 2.17. The first kappa shape index (κ1) is 64.3. The third-order valence-electron chi connectivity index (χ3n) is 13.7. The number of hydrogen-bond donors (Lipinski definition) is 3. The summed E-state index contributed by atoms with van der Waals surface area (Å²) in [5.74, 6) is -0.106. The summed E-state index contributed by atoms with van der Waals surface area (Å²) in [7, 11) is 0. The molecule has 0 radical (unpaired) electrons. The summed E-state index contributed by atoms with van der Waals surface area (Å²) < 4.78 is 5.47. The Bertz CT molecular complexity index is 1030. The van der Waals surface area contributed by atoms with Crippen LogP contribution < -0.4 is 5.32 Å². The van der Waals surface area contributed by atoms with Crippen molar-refractivity contribution in [3.05, 3.63) is 24.3 Å². The van der Waals surface area contributed by atoms with Gasteiger partial charge in [0.2, 0.25) is 5.91 Å². The molecule has 2 unspecified atom stereocenters. The maximum atomic E-state index is 12.5. The molecule has 1 amide bonds. The van der Waals surface area contributed by atoms with Gasteiger partial charge < -0.3 is 20.3 Å². The summed E-state index contributed by atoms with van der Waals surface area (Å²) >= 11 is 0. The highest BCUT2D eigenvalue weighted by atomic mass is 16.5. The molecule has 0 heterocycles. The average Bonchev–Trinajstić information content (AvgIpc) is 3.32. The Labute approximate surface area is 411 Å². The summed E-state index contributed by atoms with van der Waals surface area (Å²) in [5.41, 5.74) is 0. The molecule has 390 valence electrons. The molecular formula is C60H115NO5. The van der Waals surface area contributed by atoms with Crippen molar-refractivity contribution in [1.82, 2.24) is 5.32 Å². The number of amides is 1. The molecule has 0 aromatic heterocycles. The lowest BCUT2D eigenvalue weighted by Gasteiger charge is -2.19. The van der Waals surface area contributed by atoms with Crippen molar-refractivity contribution >= 4 is 11.9 Å². The standard InChI is InChI=1S/C60H115NO5/c1-3-5-7-9-11-13-15-17-19-20-21-22-23-24-26-28-32-36-40-44-48-52-58(63)57(56-62)61-59(64)53-49-45-41-37-33-29-27-31-35-39-43-47-51-55-66-60(65)54-50-46-42-38-34-30-25-18-16-14-12-10-8-6-4-2/h29,33,48,52,57-58,62-63H,3-28,30-32,34-47,49-51,53-56H2,1-2H3,(H,61,64)/b33-29-,52-48+. The molecule has 0 bridgehead atoms. The molecule has 0 aliphatic rings. The number of aliphatic hydroxyl groups is 2. The first-order valence-electron chi connectivity index (χ1n) is 29.6. The predicted octanol–water partition coefficient (Wildman–Crippen LogP) is 18.2. The van der Waals surface area contributed by atoms with E-state index in [9.17, 15) is 19.8 Å². The van der Waals surface area contributed by atoms with Crippen LogP contribution >= 0.6 is 0 Å². The Balaban J connectivity index is 3.51. The van der Waals surface area contributed by atoms with E-state index >= 15 is 0 Å². The fourth-order valence-electron chi connectivity index (χ4n) is 9.16. The summed E-state index contributed by atoms with van der Waals surface area (Å²) in [6.45, 7) is 4.88. The number of aliphatic hydroxyl groups excluding tert-OH is 2. The Morgan fingerprint density at radius 3 is 1.09 bits per heavy atom. The molecule has 6 heteroatoms. The zero-order valence-corrected chi connectivity index (χ0v) is 44.4. The predicted molar refractivity (Wildman–Crippen MR) is 287 cm³/mol. The number of hydrogen-bond acceptors (Lipinski definition) is 5. The van der Waals surface area contributed by atoms with Gasteiger partial charge in [0, 0.05) is 12.8 Å². The van der Waals surface area contributed by atoms with E-state index in [4.69, 9.17) is 4.74 Å². The fraction of sp³-hybridized carbons (Fsp3) is 0.900. The first-order valence-corrected chi connectivity index (χ1v) is 29.6. The third kappa shape index (κ3) is 51.7. The smallest absolute Gasteiger partial charge is 0.305 e. The molecule has 0 aromatic rings. The number of unbranched alkanes of at least 4 members (excludes halogenated alkanes) is 42. The number of nitrogens with one attached hydrogen (secondary N) is 1. The molecule has 0 rings (SSSR count). The molecule has 0 aliphatic carbocycles. The van der Waals surface area contributed by atoms with Crippen molar-refractivity contribution in [2.75, 3.05) is 13.2 Å². The number of allylic oxidation sites excluding steroid dienone is 3. The van der Waals surface area contributed by atoms with Crippen molar-refractivity contribution in [3.63, 3.8) is 0 Å². The molecule has 6 nitrogen and oxygen atoms in total. The lowest BCUT2D eigenvalue weighted by atomic mass is 10.0. The Morgan fingerprint density at radius 1 is 0.409 bits per heavy atom. The van der Waals surface area contributed by atoms with E-state index in [0.29, 0.717) is 19.4 Å². The SMILES string of the molecule is CCCCCCCCCCCCCCCCCCCCC/C=C/C(O)C(CO)NC(=O)CCCCC/C=C\CCCCCCCCOC(=O)CCCCCCCCCCCCCCCCC. The summed E-state index contributed by atoms with van der Waals surface area (Å²) in [6.07, 6.45) is 67.7. The van der Waals surface area contributed by atoms with E-state index in [-0.39, 0.29) is 18.5 Å². The zero-order valence-electron chi connectivity index (χ0n) is 44.4. The van der Waals surface area contributed by atoms with Gasteiger partial charge in [-0.3, -0.25) is 9.59 Å². The van der Waals surface area contributed by atoms with Crippen LogP contribution in [0.3, 0.4) is 0 Å². The number of carbonyl (C=O) groups excluding carboxylic acids is 2. The topological polar surface area (TPSA) is 95.9 Å². The van der Waals surface area contributed by atoms with Gasteiger partial charge in [-0.05, 0) is 57.8 Å². The molecule has 0 fully saturated rings.